The van der Waals surface area contributed by atoms with Crippen LogP contribution in [0.3, 0.4) is 0 Å². The van der Waals surface area contributed by atoms with Gasteiger partial charge in [0.15, 0.2) is 0 Å². The van der Waals surface area contributed by atoms with Crippen molar-refractivity contribution in [2.75, 3.05) is 32.7 Å². The van der Waals surface area contributed by atoms with Gasteiger partial charge in [-0.05, 0) is 102 Å². The average molecular weight is 307 g/mol. The van der Waals surface area contributed by atoms with E-state index < -0.39 is 0 Å². The first-order chi connectivity index (χ1) is 10.5. The van der Waals surface area contributed by atoms with Crippen LogP contribution in [0.15, 0.2) is 0 Å². The molecule has 1 spiro atoms. The minimum atomic E-state index is 0.746. The summed E-state index contributed by atoms with van der Waals surface area (Å²) in [5.41, 5.74) is 0.756. The van der Waals surface area contributed by atoms with Gasteiger partial charge in [-0.2, -0.15) is 0 Å². The van der Waals surface area contributed by atoms with Gasteiger partial charge in [-0.1, -0.05) is 13.8 Å². The van der Waals surface area contributed by atoms with Crippen LogP contribution < -0.4 is 0 Å². The summed E-state index contributed by atoms with van der Waals surface area (Å²) in [6, 6.07) is 0.746. The molecule has 3 aliphatic rings. The topological polar surface area (TPSA) is 6.48 Å². The van der Waals surface area contributed by atoms with Crippen molar-refractivity contribution in [1.29, 1.82) is 0 Å². The zero-order valence-electron chi connectivity index (χ0n) is 15.5. The van der Waals surface area contributed by atoms with Crippen molar-refractivity contribution in [3.05, 3.63) is 0 Å². The number of piperidine rings is 2. The van der Waals surface area contributed by atoms with E-state index in [1.807, 2.05) is 0 Å². The summed E-state index contributed by atoms with van der Waals surface area (Å²) in [7, 11) is 0. The third-order valence-corrected chi connectivity index (χ3v) is 7.12. The Morgan fingerprint density at radius 1 is 0.909 bits per heavy atom. The number of hydrogen-bond donors (Lipinski definition) is 0. The number of nitrogens with zero attached hydrogens (tertiary/aromatic N) is 2. The van der Waals surface area contributed by atoms with Gasteiger partial charge in [0.25, 0.3) is 0 Å². The fourth-order valence-electron chi connectivity index (χ4n) is 5.38. The molecule has 2 aliphatic heterocycles. The lowest BCUT2D eigenvalue weighted by atomic mass is 9.57. The maximum atomic E-state index is 2.78. The molecule has 1 saturated carbocycles. The van der Waals surface area contributed by atoms with Gasteiger partial charge in [0, 0.05) is 12.6 Å². The third kappa shape index (κ3) is 3.70. The second kappa shape index (κ2) is 6.81. The Hall–Kier alpha value is -0.0800. The highest BCUT2D eigenvalue weighted by molar-refractivity contribution is 4.98. The van der Waals surface area contributed by atoms with E-state index in [0.717, 1.165) is 29.2 Å². The summed E-state index contributed by atoms with van der Waals surface area (Å²) in [5, 5.41) is 0. The van der Waals surface area contributed by atoms with Crippen LogP contribution >= 0.6 is 0 Å². The standard InChI is InChI=1S/C20H38N2/c1-16(2)19-5-9-21(10-6-19)15-18-13-20(14-18)7-11-22(12-8-20)17(3)4/h16-19H,5-15H2,1-4H3. The molecule has 0 amide bonds. The molecule has 2 nitrogen and oxygen atoms in total. The lowest BCUT2D eigenvalue weighted by Gasteiger charge is -2.54. The van der Waals surface area contributed by atoms with E-state index in [9.17, 15) is 0 Å². The zero-order chi connectivity index (χ0) is 15.7. The van der Waals surface area contributed by atoms with E-state index in [4.69, 9.17) is 0 Å². The quantitative estimate of drug-likeness (QED) is 0.766. The number of likely N-dealkylation sites (tertiary alicyclic amines) is 2. The molecule has 0 unspecified atom stereocenters. The molecule has 0 aromatic rings. The minimum Gasteiger partial charge on any atom is -0.303 e. The molecule has 3 fully saturated rings. The molecule has 3 rings (SSSR count). The molecule has 0 radical (unpaired) electrons. The van der Waals surface area contributed by atoms with E-state index in [2.05, 4.69) is 37.5 Å². The van der Waals surface area contributed by atoms with Crippen molar-refractivity contribution < 1.29 is 0 Å². The van der Waals surface area contributed by atoms with Crippen LogP contribution in [0.2, 0.25) is 0 Å². The molecule has 0 aromatic heterocycles. The summed E-state index contributed by atoms with van der Waals surface area (Å²) >= 11 is 0. The first kappa shape index (κ1) is 16.8. The molecule has 128 valence electrons. The van der Waals surface area contributed by atoms with Crippen LogP contribution in [0, 0.1) is 23.2 Å². The molecule has 1 aliphatic carbocycles. The molecule has 0 bridgehead atoms. The molecule has 22 heavy (non-hydrogen) atoms. The Bertz CT molecular complexity index is 336. The van der Waals surface area contributed by atoms with E-state index in [-0.39, 0.29) is 0 Å². The third-order valence-electron chi connectivity index (χ3n) is 7.12. The molecule has 2 heteroatoms. The molecule has 0 aromatic carbocycles. The monoisotopic (exact) mass is 306 g/mol. The number of rotatable bonds is 4. The van der Waals surface area contributed by atoms with E-state index >= 15 is 0 Å². The smallest absolute Gasteiger partial charge is 0.00385 e. The Labute approximate surface area is 138 Å². The van der Waals surface area contributed by atoms with Gasteiger partial charge in [-0.25, -0.2) is 0 Å². The Kier molecular flexibility index (Phi) is 5.19. The summed E-state index contributed by atoms with van der Waals surface area (Å²) < 4.78 is 0. The maximum absolute atomic E-state index is 2.78. The van der Waals surface area contributed by atoms with Crippen LogP contribution in [-0.4, -0.2) is 48.6 Å². The van der Waals surface area contributed by atoms with Gasteiger partial charge >= 0.3 is 0 Å². The van der Waals surface area contributed by atoms with Gasteiger partial charge in [0.1, 0.15) is 0 Å². The van der Waals surface area contributed by atoms with Crippen molar-refractivity contribution in [3.8, 4) is 0 Å². The first-order valence-electron chi connectivity index (χ1n) is 9.94. The predicted octanol–water partition coefficient (Wildman–Crippen LogP) is 4.26. The Morgan fingerprint density at radius 2 is 1.50 bits per heavy atom. The highest BCUT2D eigenvalue weighted by atomic mass is 15.2. The fraction of sp³-hybridized carbons (Fsp3) is 1.00. The molecule has 0 N–H and O–H groups in total. The largest absolute Gasteiger partial charge is 0.303 e. The van der Waals surface area contributed by atoms with Gasteiger partial charge in [0.05, 0.1) is 0 Å². The first-order valence-corrected chi connectivity index (χ1v) is 9.94. The Balaban J connectivity index is 1.36. The SMILES string of the molecule is CC(C)C1CCN(CC2CC3(CCN(C(C)C)CC3)C2)CC1. The maximum Gasteiger partial charge on any atom is 0.00385 e. The van der Waals surface area contributed by atoms with Crippen LogP contribution in [0.1, 0.15) is 66.2 Å². The van der Waals surface area contributed by atoms with Crippen LogP contribution in [0.5, 0.6) is 0 Å². The van der Waals surface area contributed by atoms with Crippen molar-refractivity contribution >= 4 is 0 Å². The van der Waals surface area contributed by atoms with E-state index in [1.54, 1.807) is 0 Å². The van der Waals surface area contributed by atoms with Crippen molar-refractivity contribution in [3.63, 3.8) is 0 Å². The van der Waals surface area contributed by atoms with Gasteiger partial charge in [-0.3, -0.25) is 0 Å². The van der Waals surface area contributed by atoms with Gasteiger partial charge in [0.2, 0.25) is 0 Å². The fourth-order valence-corrected chi connectivity index (χ4v) is 5.38. The van der Waals surface area contributed by atoms with Crippen molar-refractivity contribution in [1.82, 2.24) is 9.80 Å². The highest BCUT2D eigenvalue weighted by Crippen LogP contribution is 2.53. The summed E-state index contributed by atoms with van der Waals surface area (Å²) in [4.78, 5) is 5.45. The highest BCUT2D eigenvalue weighted by Gasteiger charge is 2.46. The second-order valence-electron chi connectivity index (χ2n) is 9.29. The average Bonchev–Trinajstić information content (AvgIpc) is 2.46. The number of hydrogen-bond acceptors (Lipinski definition) is 2. The summed E-state index contributed by atoms with van der Waals surface area (Å²) in [6.45, 7) is 16.3. The summed E-state index contributed by atoms with van der Waals surface area (Å²) in [5.74, 6) is 2.89. The normalized spacial score (nSPS) is 28.6. The van der Waals surface area contributed by atoms with Crippen molar-refractivity contribution in [2.45, 2.75) is 72.3 Å². The van der Waals surface area contributed by atoms with Crippen LogP contribution in [0.25, 0.3) is 0 Å². The molecule has 2 heterocycles. The Morgan fingerprint density at radius 3 is 2.00 bits per heavy atom. The van der Waals surface area contributed by atoms with Crippen LogP contribution in [0.4, 0.5) is 0 Å². The minimum absolute atomic E-state index is 0.746. The molecular formula is C20H38N2. The van der Waals surface area contributed by atoms with Crippen LogP contribution in [-0.2, 0) is 0 Å². The lowest BCUT2D eigenvalue weighted by Crippen LogP contribution is -2.51. The summed E-state index contributed by atoms with van der Waals surface area (Å²) in [6.07, 6.45) is 8.89. The lowest BCUT2D eigenvalue weighted by molar-refractivity contribution is -0.0353. The molecule has 2 saturated heterocycles. The van der Waals surface area contributed by atoms with Gasteiger partial charge < -0.3 is 9.80 Å². The molecule has 0 atom stereocenters. The molecular weight excluding hydrogens is 268 g/mol. The van der Waals surface area contributed by atoms with E-state index in [0.29, 0.717) is 0 Å². The van der Waals surface area contributed by atoms with Crippen molar-refractivity contribution in [2.24, 2.45) is 23.2 Å². The van der Waals surface area contributed by atoms with E-state index in [1.165, 1.54) is 71.2 Å². The predicted molar refractivity (Wildman–Crippen MR) is 95.1 cm³/mol. The second-order valence-corrected chi connectivity index (χ2v) is 9.29. The zero-order valence-corrected chi connectivity index (χ0v) is 15.5. The van der Waals surface area contributed by atoms with Gasteiger partial charge in [-0.15, -0.1) is 0 Å².